The van der Waals surface area contributed by atoms with Crippen molar-refractivity contribution in [2.24, 2.45) is 10.4 Å². The van der Waals surface area contributed by atoms with E-state index in [1.165, 1.54) is 5.56 Å². The smallest absolute Gasteiger partial charge is 0.191 e. The lowest BCUT2D eigenvalue weighted by Crippen LogP contribution is -2.41. The van der Waals surface area contributed by atoms with Crippen LogP contribution in [-0.2, 0) is 11.2 Å². The summed E-state index contributed by atoms with van der Waals surface area (Å²) in [4.78, 5) is 7.30. The minimum Gasteiger partial charge on any atom is -0.379 e. The Morgan fingerprint density at radius 1 is 1.15 bits per heavy atom. The van der Waals surface area contributed by atoms with E-state index in [2.05, 4.69) is 66.6 Å². The van der Waals surface area contributed by atoms with Gasteiger partial charge in [-0.25, -0.2) is 0 Å². The molecule has 0 atom stereocenters. The molecule has 0 aliphatic carbocycles. The molecule has 2 N–H and O–H groups in total. The lowest BCUT2D eigenvalue weighted by molar-refractivity contribution is 0.0376. The number of guanidine groups is 1. The number of aliphatic imine (C=N–C) groups is 1. The van der Waals surface area contributed by atoms with Crippen molar-refractivity contribution in [2.45, 2.75) is 33.6 Å². The van der Waals surface area contributed by atoms with Crippen LogP contribution in [0.5, 0.6) is 0 Å². The summed E-state index contributed by atoms with van der Waals surface area (Å²) in [5.74, 6) is 0.926. The van der Waals surface area contributed by atoms with Crippen molar-refractivity contribution in [1.82, 2.24) is 15.5 Å². The first-order valence-electron chi connectivity index (χ1n) is 9.95. The van der Waals surface area contributed by atoms with Crippen LogP contribution in [0.15, 0.2) is 35.3 Å². The Morgan fingerprint density at radius 3 is 2.52 bits per heavy atom. The second-order valence-electron chi connectivity index (χ2n) is 7.76. The van der Waals surface area contributed by atoms with Gasteiger partial charge in [0.15, 0.2) is 5.96 Å². The van der Waals surface area contributed by atoms with Gasteiger partial charge in [0.2, 0.25) is 0 Å². The minimum atomic E-state index is 0. The first-order chi connectivity index (χ1) is 12.6. The van der Waals surface area contributed by atoms with Gasteiger partial charge in [-0.15, -0.1) is 24.0 Å². The molecule has 1 aliphatic rings. The molecule has 0 aromatic heterocycles. The average molecular weight is 488 g/mol. The zero-order valence-electron chi connectivity index (χ0n) is 17.2. The van der Waals surface area contributed by atoms with Crippen molar-refractivity contribution in [2.75, 3.05) is 52.5 Å². The monoisotopic (exact) mass is 488 g/mol. The molecule has 1 heterocycles. The van der Waals surface area contributed by atoms with Crippen LogP contribution in [0, 0.1) is 5.41 Å². The molecule has 0 spiro atoms. The molecule has 1 aromatic rings. The van der Waals surface area contributed by atoms with Crippen molar-refractivity contribution < 1.29 is 4.74 Å². The number of hydrogen-bond donors (Lipinski definition) is 2. The van der Waals surface area contributed by atoms with Crippen LogP contribution in [0.1, 0.15) is 32.8 Å². The van der Waals surface area contributed by atoms with Gasteiger partial charge in [0.25, 0.3) is 0 Å². The highest BCUT2D eigenvalue weighted by atomic mass is 127. The Bertz CT molecular complexity index is 530. The van der Waals surface area contributed by atoms with Gasteiger partial charge in [0.05, 0.1) is 13.2 Å². The first kappa shape index (κ1) is 24.2. The van der Waals surface area contributed by atoms with Crippen LogP contribution in [0.25, 0.3) is 0 Å². The maximum atomic E-state index is 5.40. The zero-order chi connectivity index (χ0) is 18.7. The molecule has 1 fully saturated rings. The van der Waals surface area contributed by atoms with E-state index in [0.29, 0.717) is 0 Å². The molecule has 27 heavy (non-hydrogen) atoms. The summed E-state index contributed by atoms with van der Waals surface area (Å²) in [5.41, 5.74) is 1.51. The molecular formula is C21H37IN4O. The van der Waals surface area contributed by atoms with Crippen LogP contribution < -0.4 is 10.6 Å². The Morgan fingerprint density at radius 2 is 1.85 bits per heavy atom. The quantitative estimate of drug-likeness (QED) is 0.243. The van der Waals surface area contributed by atoms with E-state index in [0.717, 1.165) is 71.3 Å². The molecule has 1 aliphatic heterocycles. The summed E-state index contributed by atoms with van der Waals surface area (Å²) in [6, 6.07) is 10.7. The van der Waals surface area contributed by atoms with Crippen LogP contribution in [-0.4, -0.2) is 63.3 Å². The highest BCUT2D eigenvalue weighted by Crippen LogP contribution is 2.22. The molecule has 5 nitrogen and oxygen atoms in total. The predicted molar refractivity (Wildman–Crippen MR) is 125 cm³/mol. The summed E-state index contributed by atoms with van der Waals surface area (Å²) >= 11 is 0. The molecule has 154 valence electrons. The van der Waals surface area contributed by atoms with Crippen molar-refractivity contribution in [1.29, 1.82) is 0 Å². The topological polar surface area (TPSA) is 48.9 Å². The third-order valence-electron chi connectivity index (χ3n) is 4.58. The lowest BCUT2D eigenvalue weighted by atomic mass is 9.86. The van der Waals surface area contributed by atoms with Crippen LogP contribution in [0.3, 0.4) is 0 Å². The van der Waals surface area contributed by atoms with E-state index in [9.17, 15) is 0 Å². The molecule has 0 bridgehead atoms. The molecule has 1 aromatic carbocycles. The SMILES string of the molecule is CCNC(=NCC(C)(C)Cc1ccccc1)NCCCN1CCOCC1.I. The Hall–Kier alpha value is -0.860. The molecular weight excluding hydrogens is 451 g/mol. The summed E-state index contributed by atoms with van der Waals surface area (Å²) < 4.78 is 5.40. The van der Waals surface area contributed by atoms with Gasteiger partial charge in [-0.05, 0) is 37.3 Å². The Labute approximate surface area is 182 Å². The zero-order valence-corrected chi connectivity index (χ0v) is 19.5. The van der Waals surface area contributed by atoms with Gasteiger partial charge >= 0.3 is 0 Å². The number of nitrogens with zero attached hydrogens (tertiary/aromatic N) is 2. The van der Waals surface area contributed by atoms with Gasteiger partial charge in [0.1, 0.15) is 0 Å². The maximum Gasteiger partial charge on any atom is 0.191 e. The normalized spacial score (nSPS) is 15.9. The molecule has 2 rings (SSSR count). The largest absolute Gasteiger partial charge is 0.379 e. The number of nitrogens with one attached hydrogen (secondary N) is 2. The summed E-state index contributed by atoms with van der Waals surface area (Å²) in [6.07, 6.45) is 2.16. The van der Waals surface area contributed by atoms with Crippen molar-refractivity contribution in [3.63, 3.8) is 0 Å². The van der Waals surface area contributed by atoms with E-state index < -0.39 is 0 Å². The summed E-state index contributed by atoms with van der Waals surface area (Å²) in [5, 5.41) is 6.84. The molecule has 0 radical (unpaired) electrons. The summed E-state index contributed by atoms with van der Waals surface area (Å²) in [7, 11) is 0. The third kappa shape index (κ3) is 10.3. The standard InChI is InChI=1S/C21H36N4O.HI/c1-4-22-20(23-11-8-12-25-13-15-26-16-14-25)24-18-21(2,3)17-19-9-6-5-7-10-19;/h5-7,9-10H,4,8,11-18H2,1-3H3,(H2,22,23,24);1H. The van der Waals surface area contributed by atoms with Gasteiger partial charge in [-0.3, -0.25) is 9.89 Å². The molecule has 0 unspecified atom stereocenters. The molecule has 0 saturated carbocycles. The van der Waals surface area contributed by atoms with Crippen molar-refractivity contribution in [3.05, 3.63) is 35.9 Å². The number of hydrogen-bond acceptors (Lipinski definition) is 3. The second kappa shape index (κ2) is 13.3. The van der Waals surface area contributed by atoms with E-state index in [1.807, 2.05) is 0 Å². The van der Waals surface area contributed by atoms with Gasteiger partial charge in [-0.1, -0.05) is 44.2 Å². The second-order valence-corrected chi connectivity index (χ2v) is 7.76. The molecule has 0 amide bonds. The third-order valence-corrected chi connectivity index (χ3v) is 4.58. The average Bonchev–Trinajstić information content (AvgIpc) is 2.64. The highest BCUT2D eigenvalue weighted by Gasteiger charge is 2.18. The van der Waals surface area contributed by atoms with Gasteiger partial charge in [0, 0.05) is 32.7 Å². The number of benzene rings is 1. The Kier molecular flexibility index (Phi) is 11.9. The Balaban J connectivity index is 0.00000364. The van der Waals surface area contributed by atoms with Crippen LogP contribution in [0.2, 0.25) is 0 Å². The fourth-order valence-electron chi connectivity index (χ4n) is 3.17. The number of ether oxygens (including phenoxy) is 1. The van der Waals surface area contributed by atoms with Crippen LogP contribution >= 0.6 is 24.0 Å². The van der Waals surface area contributed by atoms with Gasteiger partial charge < -0.3 is 15.4 Å². The van der Waals surface area contributed by atoms with E-state index in [4.69, 9.17) is 9.73 Å². The minimum absolute atomic E-state index is 0. The predicted octanol–water partition coefficient (Wildman–Crippen LogP) is 3.15. The van der Waals surface area contributed by atoms with Gasteiger partial charge in [-0.2, -0.15) is 0 Å². The first-order valence-corrected chi connectivity index (χ1v) is 9.95. The summed E-state index contributed by atoms with van der Waals surface area (Å²) in [6.45, 7) is 14.3. The lowest BCUT2D eigenvalue weighted by Gasteiger charge is -2.26. The molecule has 6 heteroatoms. The number of rotatable bonds is 9. The number of morpholine rings is 1. The van der Waals surface area contributed by atoms with Crippen molar-refractivity contribution in [3.8, 4) is 0 Å². The maximum absolute atomic E-state index is 5.40. The van der Waals surface area contributed by atoms with E-state index in [-0.39, 0.29) is 29.4 Å². The van der Waals surface area contributed by atoms with Crippen molar-refractivity contribution >= 4 is 29.9 Å². The molecule has 1 saturated heterocycles. The van der Waals surface area contributed by atoms with E-state index in [1.54, 1.807) is 0 Å². The number of halogens is 1. The highest BCUT2D eigenvalue weighted by molar-refractivity contribution is 14.0. The van der Waals surface area contributed by atoms with E-state index >= 15 is 0 Å². The fourth-order valence-corrected chi connectivity index (χ4v) is 3.17. The van der Waals surface area contributed by atoms with Crippen LogP contribution in [0.4, 0.5) is 0 Å². The fraction of sp³-hybridized carbons (Fsp3) is 0.667.